The van der Waals surface area contributed by atoms with Crippen molar-refractivity contribution in [3.63, 3.8) is 0 Å². The van der Waals surface area contributed by atoms with Crippen LogP contribution in [-0.4, -0.2) is 47.3 Å². The zero-order chi connectivity index (χ0) is 24.4. The quantitative estimate of drug-likeness (QED) is 0.385. The third kappa shape index (κ3) is 7.71. The van der Waals surface area contributed by atoms with Gasteiger partial charge < -0.3 is 24.3 Å². The minimum Gasteiger partial charge on any atom is -0.493 e. The van der Waals surface area contributed by atoms with Crippen LogP contribution in [-0.2, 0) is 14.3 Å². The van der Waals surface area contributed by atoms with Gasteiger partial charge in [-0.2, -0.15) is 0 Å². The Balaban J connectivity index is 2.07. The Hall–Kier alpha value is -3.20. The molecule has 0 fully saturated rings. The molecule has 2 aromatic rings. The van der Waals surface area contributed by atoms with Gasteiger partial charge in [-0.05, 0) is 32.4 Å². The van der Waals surface area contributed by atoms with Gasteiger partial charge in [0.2, 0.25) is 5.75 Å². The molecule has 3 atom stereocenters. The van der Waals surface area contributed by atoms with Crippen LogP contribution in [0.2, 0.25) is 0 Å². The number of esters is 2. The molecule has 0 aliphatic rings. The molecule has 0 radical (unpaired) electrons. The van der Waals surface area contributed by atoms with E-state index in [4.69, 9.17) is 31.2 Å². The lowest BCUT2D eigenvalue weighted by molar-refractivity contribution is -0.155. The number of hydrogen-bond donors (Lipinski definition) is 1. The van der Waals surface area contributed by atoms with Crippen LogP contribution in [0.4, 0.5) is 0 Å². The van der Waals surface area contributed by atoms with Crippen molar-refractivity contribution in [1.29, 1.82) is 0 Å². The maximum Gasteiger partial charge on any atom is 0.328 e. The minimum absolute atomic E-state index is 0.0827. The van der Waals surface area contributed by atoms with E-state index in [-0.39, 0.29) is 22.5 Å². The van der Waals surface area contributed by atoms with Crippen molar-refractivity contribution in [1.82, 2.24) is 10.3 Å². The molecule has 0 saturated heterocycles. The fourth-order valence-electron chi connectivity index (χ4n) is 3.03. The third-order valence-electron chi connectivity index (χ3n) is 4.68. The van der Waals surface area contributed by atoms with Crippen molar-refractivity contribution in [3.05, 3.63) is 48.3 Å². The molecule has 8 nitrogen and oxygen atoms in total. The highest BCUT2D eigenvalue weighted by Crippen LogP contribution is 2.30. The third-order valence-corrected chi connectivity index (χ3v) is 4.99. The molecule has 9 heteroatoms. The van der Waals surface area contributed by atoms with Crippen LogP contribution in [0.15, 0.2) is 42.6 Å². The summed E-state index contributed by atoms with van der Waals surface area (Å²) in [5, 5.41) is 2.90. The summed E-state index contributed by atoms with van der Waals surface area (Å²) in [5.74, 6) is 0.0456. The monoisotopic (exact) mass is 474 g/mol. The predicted molar refractivity (Wildman–Crippen MR) is 128 cm³/mol. The van der Waals surface area contributed by atoms with Gasteiger partial charge in [-0.3, -0.25) is 4.79 Å². The van der Waals surface area contributed by atoms with Gasteiger partial charge in [-0.25, -0.2) is 9.78 Å². The van der Waals surface area contributed by atoms with E-state index in [1.165, 1.54) is 20.2 Å². The van der Waals surface area contributed by atoms with Gasteiger partial charge in [0.15, 0.2) is 5.75 Å². The second-order valence-corrected chi connectivity index (χ2v) is 7.79. The van der Waals surface area contributed by atoms with Gasteiger partial charge in [0.05, 0.1) is 7.11 Å². The highest BCUT2D eigenvalue weighted by atomic mass is 32.1. The van der Waals surface area contributed by atoms with E-state index in [1.807, 2.05) is 44.2 Å². The zero-order valence-corrected chi connectivity index (χ0v) is 20.3. The first kappa shape index (κ1) is 26.1. The van der Waals surface area contributed by atoms with Gasteiger partial charge in [-0.15, -0.1) is 0 Å². The average molecular weight is 475 g/mol. The van der Waals surface area contributed by atoms with Crippen LogP contribution in [0.25, 0.3) is 0 Å². The van der Waals surface area contributed by atoms with Crippen LogP contribution >= 0.6 is 12.2 Å². The summed E-state index contributed by atoms with van der Waals surface area (Å²) in [6.07, 6.45) is 2.15. The smallest absolute Gasteiger partial charge is 0.328 e. The van der Waals surface area contributed by atoms with E-state index in [0.717, 1.165) is 6.42 Å². The van der Waals surface area contributed by atoms with E-state index in [2.05, 4.69) is 10.3 Å². The number of aromatic nitrogens is 1. The Kier molecular flexibility index (Phi) is 10.1. The number of rotatable bonds is 11. The van der Waals surface area contributed by atoms with Crippen LogP contribution in [0.1, 0.15) is 46.2 Å². The SMILES string of the molecule is CCC[C@H](OC(=O)[C@H](C)NC(=S)c1nccc(OC)c1OC(C)=O)[C@@H](C)Oc1ccccc1. The number of para-hydroxylation sites is 1. The highest BCUT2D eigenvalue weighted by Gasteiger charge is 2.27. The summed E-state index contributed by atoms with van der Waals surface area (Å²) in [6.45, 7) is 6.78. The Labute approximate surface area is 199 Å². The summed E-state index contributed by atoms with van der Waals surface area (Å²) >= 11 is 5.41. The largest absolute Gasteiger partial charge is 0.493 e. The highest BCUT2D eigenvalue weighted by molar-refractivity contribution is 7.80. The first-order valence-electron chi connectivity index (χ1n) is 10.7. The Morgan fingerprint density at radius 3 is 2.45 bits per heavy atom. The number of nitrogens with one attached hydrogen (secondary N) is 1. The first-order valence-corrected chi connectivity index (χ1v) is 11.1. The van der Waals surface area contributed by atoms with Crippen LogP contribution in [0.5, 0.6) is 17.2 Å². The van der Waals surface area contributed by atoms with Crippen LogP contribution in [0, 0.1) is 0 Å². The molecule has 0 unspecified atom stereocenters. The van der Waals surface area contributed by atoms with Crippen molar-refractivity contribution < 1.29 is 28.5 Å². The molecular formula is C24H30N2O6S. The normalized spacial score (nSPS) is 13.2. The summed E-state index contributed by atoms with van der Waals surface area (Å²) in [7, 11) is 1.44. The Morgan fingerprint density at radius 2 is 1.85 bits per heavy atom. The predicted octanol–water partition coefficient (Wildman–Crippen LogP) is 3.85. The lowest BCUT2D eigenvalue weighted by atomic mass is 10.1. The number of carbonyl (C=O) groups excluding carboxylic acids is 2. The summed E-state index contributed by atoms with van der Waals surface area (Å²) in [6, 6.07) is 10.1. The fourth-order valence-corrected chi connectivity index (χ4v) is 3.36. The van der Waals surface area contributed by atoms with E-state index in [1.54, 1.807) is 13.0 Å². The summed E-state index contributed by atoms with van der Waals surface area (Å²) in [4.78, 5) is 28.6. The van der Waals surface area contributed by atoms with Crippen molar-refractivity contribution >= 4 is 29.1 Å². The number of methoxy groups -OCH3 is 1. The van der Waals surface area contributed by atoms with Crippen molar-refractivity contribution in [3.8, 4) is 17.2 Å². The molecule has 0 aliphatic carbocycles. The summed E-state index contributed by atoms with van der Waals surface area (Å²) in [5.41, 5.74) is 0.185. The molecule has 1 aromatic heterocycles. The lowest BCUT2D eigenvalue weighted by Gasteiger charge is -2.26. The van der Waals surface area contributed by atoms with E-state index in [0.29, 0.717) is 17.9 Å². The molecule has 178 valence electrons. The number of ether oxygens (including phenoxy) is 4. The molecular weight excluding hydrogens is 444 g/mol. The molecule has 0 bridgehead atoms. The van der Waals surface area contributed by atoms with Crippen molar-refractivity contribution in [2.75, 3.05) is 7.11 Å². The number of benzene rings is 1. The number of hydrogen-bond acceptors (Lipinski definition) is 8. The number of pyridine rings is 1. The molecule has 1 aromatic carbocycles. The molecule has 33 heavy (non-hydrogen) atoms. The standard InChI is InChI=1S/C24H30N2O6S/c1-6-10-19(16(3)30-18-11-8-7-9-12-18)32-24(28)15(2)26-23(33)21-22(31-17(4)27)20(29-5)13-14-25-21/h7-9,11-16,19H,6,10H2,1-5H3,(H,26,33)/t15-,16+,19-/m0/s1. The van der Waals surface area contributed by atoms with Gasteiger partial charge in [0.1, 0.15) is 34.7 Å². The molecule has 1 heterocycles. The maximum absolute atomic E-state index is 12.8. The fraction of sp³-hybridized carbons (Fsp3) is 0.417. The van der Waals surface area contributed by atoms with Gasteiger partial charge in [0, 0.05) is 19.2 Å². The minimum atomic E-state index is -0.779. The zero-order valence-electron chi connectivity index (χ0n) is 19.5. The Bertz CT molecular complexity index is 953. The molecule has 1 N–H and O–H groups in total. The Morgan fingerprint density at radius 1 is 1.15 bits per heavy atom. The van der Waals surface area contributed by atoms with Gasteiger partial charge in [0.25, 0.3) is 0 Å². The topological polar surface area (TPSA) is 96.0 Å². The second kappa shape index (κ2) is 12.7. The lowest BCUT2D eigenvalue weighted by Crippen LogP contribution is -2.43. The maximum atomic E-state index is 12.8. The first-order chi connectivity index (χ1) is 15.8. The van der Waals surface area contributed by atoms with E-state index < -0.39 is 24.1 Å². The molecule has 0 saturated carbocycles. The number of carbonyl (C=O) groups is 2. The van der Waals surface area contributed by atoms with Crippen molar-refractivity contribution in [2.45, 2.75) is 58.8 Å². The van der Waals surface area contributed by atoms with E-state index in [9.17, 15) is 9.59 Å². The average Bonchev–Trinajstić information content (AvgIpc) is 2.78. The van der Waals surface area contributed by atoms with Gasteiger partial charge >= 0.3 is 11.9 Å². The molecule has 0 aliphatic heterocycles. The molecule has 2 rings (SSSR count). The van der Waals surface area contributed by atoms with Crippen LogP contribution in [0.3, 0.4) is 0 Å². The van der Waals surface area contributed by atoms with E-state index >= 15 is 0 Å². The van der Waals surface area contributed by atoms with Crippen molar-refractivity contribution in [2.24, 2.45) is 0 Å². The number of nitrogens with zero attached hydrogens (tertiary/aromatic N) is 1. The molecule has 0 amide bonds. The summed E-state index contributed by atoms with van der Waals surface area (Å²) < 4.78 is 22.2. The van der Waals surface area contributed by atoms with Crippen LogP contribution < -0.4 is 19.5 Å². The molecule has 0 spiro atoms. The second-order valence-electron chi connectivity index (χ2n) is 7.38. The van der Waals surface area contributed by atoms with Gasteiger partial charge in [-0.1, -0.05) is 43.8 Å². The number of thiocarbonyl (C=S) groups is 1.